The lowest BCUT2D eigenvalue weighted by Gasteiger charge is -2.47. The first kappa shape index (κ1) is 90.4. The molecule has 9 unspecified atom stereocenters. The Kier molecular flexibility index (Phi) is 25.6. The Bertz CT molecular complexity index is 6340. The summed E-state index contributed by atoms with van der Waals surface area (Å²) in [4.78, 5) is 75.4. The minimum Gasteiger partial charge on any atom is -0.479 e. The second-order valence-corrected chi connectivity index (χ2v) is 42.5. The van der Waals surface area contributed by atoms with Gasteiger partial charge in [-0.2, -0.15) is 20.4 Å². The zero-order chi connectivity index (χ0) is 92.1. The number of aromatic nitrogens is 20. The quantitative estimate of drug-likeness (QED) is 0.0502. The molecule has 0 amide bonds. The third-order valence-corrected chi connectivity index (χ3v) is 34.2. The number of pyridine rings is 4. The van der Waals surface area contributed by atoms with Crippen molar-refractivity contribution in [3.63, 3.8) is 0 Å². The summed E-state index contributed by atoms with van der Waals surface area (Å²) < 4.78 is 64.6. The number of fused-ring (bicyclic) bond motifs is 16. The molecule has 14 aliphatic carbocycles. The summed E-state index contributed by atoms with van der Waals surface area (Å²) in [7, 11) is 0. The third kappa shape index (κ3) is 18.4. The molecule has 5 N–H and O–H groups in total. The molecule has 29 nitrogen and oxygen atoms in total. The molecular weight excluding hydrogens is 1800 g/mol. The van der Waals surface area contributed by atoms with Crippen LogP contribution in [0.5, 0.6) is 0 Å². The molecule has 9 atom stereocenters. The van der Waals surface area contributed by atoms with Crippen LogP contribution in [0.15, 0.2) is 55.1 Å². The van der Waals surface area contributed by atoms with E-state index in [2.05, 4.69) is 114 Å². The average Bonchev–Trinajstić information content (AvgIpc) is 1.44. The van der Waals surface area contributed by atoms with Gasteiger partial charge in [0.05, 0.1) is 98.3 Å². The van der Waals surface area contributed by atoms with E-state index in [1.807, 2.05) is 17.0 Å². The summed E-state index contributed by atoms with van der Waals surface area (Å²) in [5, 5.41) is 43.9. The maximum absolute atomic E-state index is 16.2. The Morgan fingerprint density at radius 3 is 1.08 bits per heavy atom. The van der Waals surface area contributed by atoms with Crippen molar-refractivity contribution in [3.8, 4) is 46.1 Å². The fourth-order valence-corrected chi connectivity index (χ4v) is 26.2. The van der Waals surface area contributed by atoms with Crippen molar-refractivity contribution < 1.29 is 37.3 Å². The summed E-state index contributed by atoms with van der Waals surface area (Å²) >= 11 is 24.9. The number of morpholine rings is 3. The number of nitrogens with one attached hydrogen (secondary N) is 4. The predicted octanol–water partition coefficient (Wildman–Crippen LogP) is 19.2. The molecule has 8 bridgehead atoms. The summed E-state index contributed by atoms with van der Waals surface area (Å²) in [5.74, 6) is 12.1. The van der Waals surface area contributed by atoms with Crippen molar-refractivity contribution in [2.75, 3.05) is 91.9 Å². The highest BCUT2D eigenvalue weighted by molar-refractivity contribution is 6.32. The van der Waals surface area contributed by atoms with Crippen molar-refractivity contribution in [1.82, 2.24) is 101 Å². The maximum Gasteiger partial charge on any atom is 0.334 e. The predicted molar refractivity (Wildman–Crippen MR) is 511 cm³/mol. The molecule has 17 aliphatic rings. The molecular formula is C99H115Cl4F3N24O5. The van der Waals surface area contributed by atoms with Gasteiger partial charge in [-0.15, -0.1) is 0 Å². The van der Waals surface area contributed by atoms with Gasteiger partial charge in [-0.1, -0.05) is 74.1 Å². The van der Waals surface area contributed by atoms with Gasteiger partial charge in [0.2, 0.25) is 0 Å². The number of carboxylic acid groups (broad SMARTS) is 1. The van der Waals surface area contributed by atoms with Gasteiger partial charge in [-0.3, -0.25) is 20.4 Å². The van der Waals surface area contributed by atoms with Crippen LogP contribution in [0.1, 0.15) is 179 Å². The first-order valence-electron chi connectivity index (χ1n) is 49.3. The molecule has 17 fully saturated rings. The van der Waals surface area contributed by atoms with E-state index in [-0.39, 0.29) is 30.6 Å². The number of anilines is 4. The summed E-state index contributed by atoms with van der Waals surface area (Å²) in [6.07, 6.45) is 33.3. The Hall–Kier alpha value is -9.70. The van der Waals surface area contributed by atoms with E-state index in [1.165, 1.54) is 109 Å². The second kappa shape index (κ2) is 38.2. The van der Waals surface area contributed by atoms with Gasteiger partial charge in [0, 0.05) is 81.4 Å². The van der Waals surface area contributed by atoms with Crippen molar-refractivity contribution in [3.05, 3.63) is 115 Å². The van der Waals surface area contributed by atoms with Crippen molar-refractivity contribution in [2.45, 2.75) is 200 Å². The normalized spacial score (nSPS) is 28.0. The smallest absolute Gasteiger partial charge is 0.334 e. The van der Waals surface area contributed by atoms with Crippen LogP contribution in [0.4, 0.5) is 36.4 Å². The average molecular weight is 1920 g/mol. The number of aromatic amines is 4. The third-order valence-electron chi connectivity index (χ3n) is 33.4. The Labute approximate surface area is 800 Å². The van der Waals surface area contributed by atoms with Crippen LogP contribution in [-0.2, 0) is 44.7 Å². The fourth-order valence-electron chi connectivity index (χ4n) is 25.6. The molecule has 710 valence electrons. The highest BCUT2D eigenvalue weighted by Crippen LogP contribution is 2.55. The number of carboxylic acids is 1. The number of aliphatic carboxylic acids is 1. The Balaban J connectivity index is 0.000000105. The number of halogens is 7. The van der Waals surface area contributed by atoms with Crippen LogP contribution >= 0.6 is 46.4 Å². The van der Waals surface area contributed by atoms with E-state index in [0.717, 1.165) is 121 Å². The van der Waals surface area contributed by atoms with Gasteiger partial charge in [0.1, 0.15) is 28.6 Å². The van der Waals surface area contributed by atoms with Crippen molar-refractivity contribution in [2.24, 2.45) is 94.7 Å². The lowest BCUT2D eigenvalue weighted by molar-refractivity contribution is -0.150. The molecule has 135 heavy (non-hydrogen) atoms. The van der Waals surface area contributed by atoms with Gasteiger partial charge in [-0.05, 0) is 273 Å². The first-order valence-corrected chi connectivity index (χ1v) is 50.8. The fraction of sp³-hybridized carbons (Fsp3) is 0.586. The van der Waals surface area contributed by atoms with Gasteiger partial charge in [0.25, 0.3) is 0 Å². The maximum atomic E-state index is 16.2. The summed E-state index contributed by atoms with van der Waals surface area (Å²) in [6, 6.07) is 10.2. The highest BCUT2D eigenvalue weighted by atomic mass is 35.5. The van der Waals surface area contributed by atoms with Crippen LogP contribution < -0.4 is 19.6 Å². The summed E-state index contributed by atoms with van der Waals surface area (Å²) in [6.45, 7) is 15.4. The van der Waals surface area contributed by atoms with E-state index in [9.17, 15) is 9.90 Å². The van der Waals surface area contributed by atoms with E-state index in [1.54, 1.807) is 35.6 Å². The van der Waals surface area contributed by atoms with Gasteiger partial charge in [0.15, 0.2) is 86.9 Å². The van der Waals surface area contributed by atoms with Crippen molar-refractivity contribution in [1.29, 1.82) is 0 Å². The number of nitrogens with zero attached hydrogens (tertiary/aromatic N) is 20. The topological polar surface area (TPSA) is 347 Å². The molecule has 14 saturated carbocycles. The zero-order valence-electron chi connectivity index (χ0n) is 76.6. The van der Waals surface area contributed by atoms with Gasteiger partial charge >= 0.3 is 5.97 Å². The van der Waals surface area contributed by atoms with E-state index < -0.39 is 17.9 Å². The monoisotopic (exact) mass is 1920 g/mol. The number of hydrogen-bond donors (Lipinski definition) is 5. The molecule has 3 saturated heterocycles. The molecule has 29 rings (SSSR count). The second-order valence-electron chi connectivity index (χ2n) is 40.7. The largest absolute Gasteiger partial charge is 0.479 e. The zero-order valence-corrected chi connectivity index (χ0v) is 79.6. The number of hydrogen-bond acceptors (Lipinski definition) is 24. The standard InChI is InChI=1S/C26H30ClFN6.C25H28ClFN6O3.C24H28ClFN6O.C24H29ClN6O/c1-13-14-2-4-15(5-3-14)19(13)11-21-22(28)26(34(17-6-7-17)18-8-9-18)31-25(30-21)23-20-10-16(27)12-29-24(20)33-32-23;1-12-13-2-4-14(5-3-13)16(12)9-18-20(27)24(33-6-7-36-19(11-33)25(34)35)30-23(29-18)21-17-8-15(26)10-28-22(17)32-31-21;1-13-14-2-4-15(5-3-14)17(13)11-19-20(26)24(32-6-8-33-9-7-32)29-23(28-19)21-18-10-16(25)12-27-22(18)31-30-21;1-14-15-2-4-16(5-3-15)19(14)11-18-12-21(31-6-8-32-9-7-31)28-24(27-18)22-20-10-17(25)13-26-23(20)30-29-22/h10,12-15,17-19H,2-9,11H2,1H3,(H,29,32,33);8,10,12-14,16,19H,2-7,9,11H2,1H3,(H,34,35)(H,28,31,32);10,12-15,17H,2-9,11H2,1H3,(H,27,30,31);10,12-16,19H,2-9,11H2,1H3,(H,26,29,30). The van der Waals surface area contributed by atoms with Crippen LogP contribution in [-0.4, -0.2) is 202 Å². The van der Waals surface area contributed by atoms with Gasteiger partial charge < -0.3 is 38.9 Å². The van der Waals surface area contributed by atoms with Crippen LogP contribution in [0.3, 0.4) is 0 Å². The number of ether oxygens (including phenoxy) is 3. The van der Waals surface area contributed by atoms with E-state index in [0.29, 0.717) is 246 Å². The Morgan fingerprint density at radius 1 is 0.393 bits per heavy atom. The molecule has 0 spiro atoms. The molecule has 36 heteroatoms. The van der Waals surface area contributed by atoms with Crippen LogP contribution in [0.25, 0.3) is 90.2 Å². The number of carbonyl (C=O) groups is 1. The number of H-pyrrole nitrogens is 4. The molecule has 0 radical (unpaired) electrons. The molecule has 12 aromatic rings. The first-order chi connectivity index (χ1) is 65.7. The lowest BCUT2D eigenvalue weighted by atomic mass is 9.58. The molecule has 0 aromatic carbocycles. The van der Waals surface area contributed by atoms with E-state index >= 15 is 13.2 Å². The minimum absolute atomic E-state index is 0.00375. The lowest BCUT2D eigenvalue weighted by Crippen LogP contribution is -2.47. The Morgan fingerprint density at radius 2 is 0.719 bits per heavy atom. The highest BCUT2D eigenvalue weighted by Gasteiger charge is 2.49. The SMILES string of the molecule is CC1C2CCC(CC2)C1Cc1cc(N2CCOCC2)nc(-c2[nH]nc3ncc(Cl)cc23)n1.CC1C2CCC(CC2)C1Cc1nc(-c2[nH]nc3ncc(Cl)cc23)nc(N(C2CC2)C2CC2)c1F.CC1C2CCC(CC2)C1Cc1nc(-c2[nH]nc3ncc(Cl)cc23)nc(N2CCOC(C(=O)O)C2)c1F.CC1C2CCC(CC2)C1Cc1nc(-c2[nH]nc3ncc(Cl)cc23)nc(N2CCOCC2)c1F. The summed E-state index contributed by atoms with van der Waals surface area (Å²) in [5.41, 5.74) is 7.31. The van der Waals surface area contributed by atoms with Crippen molar-refractivity contribution >= 4 is 120 Å². The molecule has 12 aromatic heterocycles. The van der Waals surface area contributed by atoms with Gasteiger partial charge in [-0.25, -0.2) is 77.8 Å². The molecule has 3 aliphatic heterocycles. The molecule has 15 heterocycles. The van der Waals surface area contributed by atoms with E-state index in [4.69, 9.17) is 90.5 Å². The van der Waals surface area contributed by atoms with Crippen LogP contribution in [0.2, 0.25) is 20.1 Å². The number of rotatable bonds is 19. The minimum atomic E-state index is -1.08. The van der Waals surface area contributed by atoms with Crippen LogP contribution in [0, 0.1) is 112 Å².